The molecule has 0 saturated carbocycles. The van der Waals surface area contributed by atoms with Crippen molar-refractivity contribution < 1.29 is 13.2 Å². The Labute approximate surface area is 253 Å². The van der Waals surface area contributed by atoms with Crippen molar-refractivity contribution in [2.24, 2.45) is 0 Å². The van der Waals surface area contributed by atoms with E-state index in [1.165, 1.54) is 9.49 Å². The van der Waals surface area contributed by atoms with E-state index < -0.39 is 18.3 Å². The molecule has 0 amide bonds. The number of hydrogen-bond donors (Lipinski definition) is 0. The highest BCUT2D eigenvalue weighted by Gasteiger charge is 2.38. The molecule has 9 heteroatoms. The Bertz CT molecular complexity index is 2100. The maximum absolute atomic E-state index is 13.8. The van der Waals surface area contributed by atoms with Gasteiger partial charge in [-0.25, -0.2) is 22.4 Å². The summed E-state index contributed by atoms with van der Waals surface area (Å²) in [7, 11) is -4.23. The quantitative estimate of drug-likeness (QED) is 0.178. The number of aryl methyl sites for hydroxylation is 1. The molecule has 0 spiro atoms. The van der Waals surface area contributed by atoms with Crippen molar-refractivity contribution in [3.63, 3.8) is 0 Å². The van der Waals surface area contributed by atoms with Crippen molar-refractivity contribution in [3.05, 3.63) is 97.0 Å². The van der Waals surface area contributed by atoms with Gasteiger partial charge in [-0.05, 0) is 36.2 Å². The van der Waals surface area contributed by atoms with E-state index in [1.54, 1.807) is 49.8 Å². The molecule has 0 aliphatic rings. The zero-order valence-electron chi connectivity index (χ0n) is 25.6. The normalized spacial score (nSPS) is 12.7. The molecule has 0 aliphatic heterocycles. The van der Waals surface area contributed by atoms with Gasteiger partial charge in [0.15, 0.2) is 8.24 Å². The molecule has 3 heterocycles. The average Bonchev–Trinajstić information content (AvgIpc) is 3.57. The Morgan fingerprint density at radius 2 is 1.42 bits per heavy atom. The minimum absolute atomic E-state index is 0.131. The summed E-state index contributed by atoms with van der Waals surface area (Å²) < 4.78 is 37.1. The fourth-order valence-electron chi connectivity index (χ4n) is 5.40. The standard InChI is InChI=1S/C34H36N4O3SSi/c1-23-16-18-24(19-17-23)42(39,40)37-21-28(26-13-8-10-14-30(26)37)32-33(41-5)36-29(20-35-32)27-22-38(43(6,7)34(2,3)4)31-15-11-9-12-25(27)31/h8-22H,1-7H3. The first-order chi connectivity index (χ1) is 20.3. The second-order valence-corrected chi connectivity index (χ2v) is 19.4. The molecule has 0 saturated heterocycles. The summed E-state index contributed by atoms with van der Waals surface area (Å²) in [5.74, 6) is 0.331. The van der Waals surface area contributed by atoms with E-state index in [4.69, 9.17) is 14.7 Å². The van der Waals surface area contributed by atoms with Gasteiger partial charge in [0.05, 0.1) is 29.4 Å². The van der Waals surface area contributed by atoms with Gasteiger partial charge in [-0.3, -0.25) is 0 Å². The first-order valence-electron chi connectivity index (χ1n) is 14.3. The Morgan fingerprint density at radius 3 is 2.05 bits per heavy atom. The number of benzene rings is 3. The number of ether oxygens (including phenoxy) is 1. The summed E-state index contributed by atoms with van der Waals surface area (Å²) in [4.78, 5) is 10.0. The van der Waals surface area contributed by atoms with Gasteiger partial charge >= 0.3 is 0 Å². The molecule has 0 N–H and O–H groups in total. The number of aromatic nitrogens is 4. The van der Waals surface area contributed by atoms with Gasteiger partial charge < -0.3 is 8.97 Å². The Morgan fingerprint density at radius 1 is 0.814 bits per heavy atom. The van der Waals surface area contributed by atoms with E-state index >= 15 is 0 Å². The molecule has 43 heavy (non-hydrogen) atoms. The molecule has 0 atom stereocenters. The Balaban J connectivity index is 1.52. The third kappa shape index (κ3) is 4.67. The van der Waals surface area contributed by atoms with Crippen molar-refractivity contribution in [2.45, 2.75) is 50.7 Å². The van der Waals surface area contributed by atoms with Gasteiger partial charge in [-0.1, -0.05) is 88.0 Å². The summed E-state index contributed by atoms with van der Waals surface area (Å²) in [6, 6.07) is 22.7. The largest absolute Gasteiger partial charge is 0.479 e. The van der Waals surface area contributed by atoms with Gasteiger partial charge in [0.25, 0.3) is 10.0 Å². The topological polar surface area (TPSA) is 79.0 Å². The molecule has 6 rings (SSSR count). The van der Waals surface area contributed by atoms with Crippen LogP contribution in [0.5, 0.6) is 5.88 Å². The lowest BCUT2D eigenvalue weighted by molar-refractivity contribution is 0.398. The molecule has 3 aromatic carbocycles. The number of methoxy groups -OCH3 is 1. The summed E-state index contributed by atoms with van der Waals surface area (Å²) in [5.41, 5.74) is 5.53. The molecule has 0 aliphatic carbocycles. The Kier molecular flexibility index (Phi) is 6.86. The van der Waals surface area contributed by atoms with Crippen molar-refractivity contribution in [2.75, 3.05) is 7.11 Å². The first kappa shape index (κ1) is 28.9. The van der Waals surface area contributed by atoms with E-state index in [1.807, 2.05) is 31.2 Å². The molecule has 7 nitrogen and oxygen atoms in total. The molecule has 0 radical (unpaired) electrons. The minimum Gasteiger partial charge on any atom is -0.479 e. The second-order valence-electron chi connectivity index (χ2n) is 12.5. The van der Waals surface area contributed by atoms with Crippen molar-refractivity contribution >= 4 is 40.1 Å². The number of hydrogen-bond acceptors (Lipinski definition) is 5. The molecular formula is C34H36N4O3SSi. The molecule has 0 unspecified atom stereocenters. The van der Waals surface area contributed by atoms with Crippen LogP contribution in [0.15, 0.2) is 96.3 Å². The van der Waals surface area contributed by atoms with Crippen LogP contribution in [0, 0.1) is 6.92 Å². The van der Waals surface area contributed by atoms with Crippen LogP contribution in [0.3, 0.4) is 0 Å². The third-order valence-electron chi connectivity index (χ3n) is 8.87. The van der Waals surface area contributed by atoms with Crippen LogP contribution in [0.4, 0.5) is 0 Å². The van der Waals surface area contributed by atoms with E-state index in [-0.39, 0.29) is 9.93 Å². The van der Waals surface area contributed by atoms with Gasteiger partial charge in [0.2, 0.25) is 5.88 Å². The van der Waals surface area contributed by atoms with E-state index in [2.05, 4.69) is 62.5 Å². The lowest BCUT2D eigenvalue weighted by Gasteiger charge is -2.38. The SMILES string of the molecule is COc1nc(-c2cn([Si](C)(C)C(C)(C)C)c3ccccc23)cnc1-c1cn(S(=O)(=O)c2ccc(C)cc2)c2ccccc12. The summed E-state index contributed by atoms with van der Waals surface area (Å²) in [5, 5.41) is 1.98. The Hall–Kier alpha value is -4.21. The van der Waals surface area contributed by atoms with Crippen LogP contribution in [0.1, 0.15) is 26.3 Å². The van der Waals surface area contributed by atoms with Gasteiger partial charge in [0, 0.05) is 39.8 Å². The smallest absolute Gasteiger partial charge is 0.268 e. The molecular weight excluding hydrogens is 573 g/mol. The van der Waals surface area contributed by atoms with E-state index in [9.17, 15) is 8.42 Å². The van der Waals surface area contributed by atoms with Crippen LogP contribution in [0.2, 0.25) is 18.1 Å². The zero-order valence-corrected chi connectivity index (χ0v) is 27.4. The maximum Gasteiger partial charge on any atom is 0.268 e. The number of fused-ring (bicyclic) bond motifs is 2. The molecule has 6 aromatic rings. The van der Waals surface area contributed by atoms with Crippen LogP contribution < -0.4 is 4.74 Å². The number of nitrogens with zero attached hydrogens (tertiary/aromatic N) is 4. The lowest BCUT2D eigenvalue weighted by atomic mass is 10.1. The van der Waals surface area contributed by atoms with E-state index in [0.717, 1.165) is 21.9 Å². The lowest BCUT2D eigenvalue weighted by Crippen LogP contribution is -2.44. The fraction of sp³-hybridized carbons (Fsp3) is 0.235. The summed E-state index contributed by atoms with van der Waals surface area (Å²) in [6.07, 6.45) is 5.59. The summed E-state index contributed by atoms with van der Waals surface area (Å²) >= 11 is 0. The number of para-hydroxylation sites is 2. The molecule has 3 aromatic heterocycles. The van der Waals surface area contributed by atoms with Crippen molar-refractivity contribution in [1.29, 1.82) is 0 Å². The maximum atomic E-state index is 13.8. The highest BCUT2D eigenvalue weighted by atomic mass is 32.2. The second kappa shape index (κ2) is 10.2. The minimum atomic E-state index is -3.86. The van der Waals surface area contributed by atoms with E-state index in [0.29, 0.717) is 28.3 Å². The van der Waals surface area contributed by atoms with Crippen LogP contribution in [-0.2, 0) is 10.0 Å². The first-order valence-corrected chi connectivity index (χ1v) is 18.7. The van der Waals surface area contributed by atoms with Gasteiger partial charge in [0.1, 0.15) is 5.69 Å². The fourth-order valence-corrected chi connectivity index (χ4v) is 8.74. The highest BCUT2D eigenvalue weighted by Crippen LogP contribution is 2.42. The predicted molar refractivity (Wildman–Crippen MR) is 177 cm³/mol. The van der Waals surface area contributed by atoms with Crippen LogP contribution in [0.25, 0.3) is 44.3 Å². The average molecular weight is 609 g/mol. The van der Waals surface area contributed by atoms with Crippen LogP contribution >= 0.6 is 0 Å². The molecule has 0 fully saturated rings. The third-order valence-corrected chi connectivity index (χ3v) is 15.8. The zero-order chi connectivity index (χ0) is 30.7. The number of rotatable bonds is 6. The van der Waals surface area contributed by atoms with Crippen molar-refractivity contribution in [1.82, 2.24) is 18.2 Å². The molecule has 0 bridgehead atoms. The highest BCUT2D eigenvalue weighted by molar-refractivity contribution is 7.90. The van der Waals surface area contributed by atoms with Crippen LogP contribution in [-0.4, -0.2) is 41.9 Å². The monoisotopic (exact) mass is 608 g/mol. The molecule has 220 valence electrons. The van der Waals surface area contributed by atoms with Gasteiger partial charge in [-0.15, -0.1) is 0 Å². The van der Waals surface area contributed by atoms with Crippen molar-refractivity contribution in [3.8, 4) is 28.4 Å². The predicted octanol–water partition coefficient (Wildman–Crippen LogP) is 8.13. The summed E-state index contributed by atoms with van der Waals surface area (Å²) in [6.45, 7) is 13.6. The van der Waals surface area contributed by atoms with Gasteiger partial charge in [-0.2, -0.15) is 0 Å².